The predicted molar refractivity (Wildman–Crippen MR) is 218 cm³/mol. The van der Waals surface area contributed by atoms with Crippen LogP contribution in [-0.2, 0) is 19.1 Å². The summed E-state index contributed by atoms with van der Waals surface area (Å²) in [5, 5.41) is 9.66. The maximum absolute atomic E-state index is 12.7. The Morgan fingerprint density at radius 2 is 0.902 bits per heavy atom. The third kappa shape index (κ3) is 35.6. The molecule has 304 valence electrons. The van der Waals surface area contributed by atoms with Crippen LogP contribution in [0.3, 0.4) is 0 Å². The lowest BCUT2D eigenvalue weighted by Crippen LogP contribution is -2.36. The summed E-state index contributed by atoms with van der Waals surface area (Å²) in [5.41, 5.74) is 0. The minimum Gasteiger partial charge on any atom is -0.466 e. The van der Waals surface area contributed by atoms with Gasteiger partial charge in [0.05, 0.1) is 13.2 Å². The summed E-state index contributed by atoms with van der Waals surface area (Å²) < 4.78 is 11.4. The molecule has 0 bridgehead atoms. The molecule has 0 aromatic rings. The van der Waals surface area contributed by atoms with Gasteiger partial charge in [-0.25, -0.2) is 0 Å². The van der Waals surface area contributed by atoms with Gasteiger partial charge in [0.25, 0.3) is 0 Å². The smallest absolute Gasteiger partial charge is 0.306 e. The Hall–Kier alpha value is -1.14. The van der Waals surface area contributed by atoms with Crippen molar-refractivity contribution in [3.63, 3.8) is 0 Å². The van der Waals surface area contributed by atoms with E-state index in [-0.39, 0.29) is 24.6 Å². The maximum atomic E-state index is 12.7. The van der Waals surface area contributed by atoms with Gasteiger partial charge in [-0.2, -0.15) is 0 Å². The summed E-state index contributed by atoms with van der Waals surface area (Å²) >= 11 is 0. The van der Waals surface area contributed by atoms with E-state index in [0.29, 0.717) is 25.5 Å². The number of aliphatic hydroxyl groups is 1. The second kappa shape index (κ2) is 40.1. The number of hydrogen-bond acceptors (Lipinski definition) is 6. The topological polar surface area (TPSA) is 76.1 Å². The van der Waals surface area contributed by atoms with Crippen LogP contribution in [-0.4, -0.2) is 60.4 Å². The molecule has 0 aliphatic rings. The van der Waals surface area contributed by atoms with Crippen LogP contribution in [0.5, 0.6) is 0 Å². The molecular weight excluding hydrogens is 634 g/mol. The Morgan fingerprint density at radius 3 is 1.41 bits per heavy atom. The predicted octanol–water partition coefficient (Wildman–Crippen LogP) is 13.1. The van der Waals surface area contributed by atoms with E-state index in [2.05, 4.69) is 32.6 Å². The van der Waals surface area contributed by atoms with E-state index in [0.717, 1.165) is 77.3 Å². The van der Waals surface area contributed by atoms with E-state index >= 15 is 0 Å². The standard InChI is InChI=1S/C45H89NO5/c1-5-8-11-14-19-27-34-43(35-28-20-15-12-9-6-2)51-45(49)37-30-23-22-26-33-42(4)46(39-40-47)38-31-24-18-16-17-21-29-36-44(48)50-41-32-25-13-10-7-3/h42-43,47H,5-41H2,1-4H3. The molecule has 0 aliphatic heterocycles. The van der Waals surface area contributed by atoms with Crippen molar-refractivity contribution in [1.82, 2.24) is 4.90 Å². The zero-order valence-electron chi connectivity index (χ0n) is 34.8. The van der Waals surface area contributed by atoms with E-state index < -0.39 is 0 Å². The van der Waals surface area contributed by atoms with Gasteiger partial charge >= 0.3 is 11.9 Å². The third-order valence-electron chi connectivity index (χ3n) is 10.7. The molecule has 1 N–H and O–H groups in total. The first kappa shape index (κ1) is 49.9. The van der Waals surface area contributed by atoms with Gasteiger partial charge in [0.1, 0.15) is 6.10 Å². The average molecular weight is 724 g/mol. The second-order valence-electron chi connectivity index (χ2n) is 15.6. The molecule has 0 aromatic carbocycles. The highest BCUT2D eigenvalue weighted by Gasteiger charge is 2.15. The second-order valence-corrected chi connectivity index (χ2v) is 15.6. The molecule has 51 heavy (non-hydrogen) atoms. The van der Waals surface area contributed by atoms with Crippen LogP contribution >= 0.6 is 0 Å². The monoisotopic (exact) mass is 724 g/mol. The van der Waals surface area contributed by atoms with Crippen molar-refractivity contribution >= 4 is 11.9 Å². The summed E-state index contributed by atoms with van der Waals surface area (Å²) in [6.45, 7) is 11.6. The van der Waals surface area contributed by atoms with Crippen molar-refractivity contribution in [2.24, 2.45) is 0 Å². The summed E-state index contributed by atoms with van der Waals surface area (Å²) in [6, 6.07) is 0.475. The normalized spacial score (nSPS) is 12.2. The molecule has 0 spiro atoms. The van der Waals surface area contributed by atoms with Crippen molar-refractivity contribution in [2.45, 2.75) is 252 Å². The molecule has 0 aromatic heterocycles. The van der Waals surface area contributed by atoms with Crippen LogP contribution in [0.25, 0.3) is 0 Å². The molecule has 0 amide bonds. The first-order valence-electron chi connectivity index (χ1n) is 22.7. The van der Waals surface area contributed by atoms with Gasteiger partial charge in [-0.15, -0.1) is 0 Å². The number of esters is 2. The van der Waals surface area contributed by atoms with Crippen LogP contribution in [0, 0.1) is 0 Å². The van der Waals surface area contributed by atoms with Gasteiger partial charge < -0.3 is 14.6 Å². The van der Waals surface area contributed by atoms with Crippen LogP contribution < -0.4 is 0 Å². The van der Waals surface area contributed by atoms with E-state index in [1.165, 1.54) is 135 Å². The minimum absolute atomic E-state index is 0.0166. The molecule has 6 heteroatoms. The summed E-state index contributed by atoms with van der Waals surface area (Å²) in [5.74, 6) is -0.00683. The molecule has 0 saturated heterocycles. The maximum Gasteiger partial charge on any atom is 0.306 e. The molecule has 0 heterocycles. The number of carbonyl (C=O) groups excluding carboxylic acids is 2. The third-order valence-corrected chi connectivity index (χ3v) is 10.7. The summed E-state index contributed by atoms with van der Waals surface area (Å²) in [6.07, 6.45) is 38.2. The SMILES string of the molecule is CCCCCCCCC(CCCCCCCC)OC(=O)CCCCCCC(C)N(CCO)CCCCCCCCCC(=O)OCCCCCCC. The fourth-order valence-electron chi connectivity index (χ4n) is 7.17. The summed E-state index contributed by atoms with van der Waals surface area (Å²) in [7, 11) is 0. The van der Waals surface area contributed by atoms with Gasteiger partial charge in [0, 0.05) is 25.4 Å². The number of carbonyl (C=O) groups is 2. The lowest BCUT2D eigenvalue weighted by molar-refractivity contribution is -0.150. The Morgan fingerprint density at radius 1 is 0.490 bits per heavy atom. The van der Waals surface area contributed by atoms with Gasteiger partial charge in [0.15, 0.2) is 0 Å². The largest absolute Gasteiger partial charge is 0.466 e. The average Bonchev–Trinajstić information content (AvgIpc) is 3.12. The Balaban J connectivity index is 4.05. The van der Waals surface area contributed by atoms with Gasteiger partial charge in [-0.3, -0.25) is 14.5 Å². The molecule has 0 rings (SSSR count). The fourth-order valence-corrected chi connectivity index (χ4v) is 7.17. The van der Waals surface area contributed by atoms with Crippen LogP contribution in [0.2, 0.25) is 0 Å². The number of ether oxygens (including phenoxy) is 2. The lowest BCUT2D eigenvalue weighted by Gasteiger charge is -2.28. The van der Waals surface area contributed by atoms with Crippen molar-refractivity contribution in [1.29, 1.82) is 0 Å². The molecular formula is C45H89NO5. The van der Waals surface area contributed by atoms with Crippen molar-refractivity contribution in [2.75, 3.05) is 26.3 Å². The van der Waals surface area contributed by atoms with E-state index in [9.17, 15) is 14.7 Å². The van der Waals surface area contributed by atoms with Gasteiger partial charge in [-0.1, -0.05) is 162 Å². The molecule has 6 nitrogen and oxygen atoms in total. The zero-order valence-corrected chi connectivity index (χ0v) is 34.8. The first-order chi connectivity index (χ1) is 25.0. The molecule has 1 unspecified atom stereocenters. The van der Waals surface area contributed by atoms with Crippen molar-refractivity contribution in [3.8, 4) is 0 Å². The number of unbranched alkanes of at least 4 members (excludes halogenated alkanes) is 23. The molecule has 0 fully saturated rings. The lowest BCUT2D eigenvalue weighted by atomic mass is 10.0. The summed E-state index contributed by atoms with van der Waals surface area (Å²) in [4.78, 5) is 27.1. The highest BCUT2D eigenvalue weighted by molar-refractivity contribution is 5.69. The fraction of sp³-hybridized carbons (Fsp3) is 0.956. The molecule has 0 saturated carbocycles. The van der Waals surface area contributed by atoms with Crippen molar-refractivity contribution < 1.29 is 24.2 Å². The quantitative estimate of drug-likeness (QED) is 0.0500. The van der Waals surface area contributed by atoms with Crippen molar-refractivity contribution in [3.05, 3.63) is 0 Å². The number of rotatable bonds is 41. The van der Waals surface area contributed by atoms with E-state index in [1.807, 2.05) is 0 Å². The highest BCUT2D eigenvalue weighted by Crippen LogP contribution is 2.19. The molecule has 0 radical (unpaired) electrons. The Labute approximate surface area is 318 Å². The zero-order chi connectivity index (χ0) is 37.5. The van der Waals surface area contributed by atoms with Gasteiger partial charge in [-0.05, 0) is 71.3 Å². The van der Waals surface area contributed by atoms with E-state index in [1.54, 1.807) is 0 Å². The minimum atomic E-state index is -0.0235. The van der Waals surface area contributed by atoms with Crippen LogP contribution in [0.1, 0.15) is 240 Å². The Kier molecular flexibility index (Phi) is 39.2. The first-order valence-corrected chi connectivity index (χ1v) is 22.7. The van der Waals surface area contributed by atoms with E-state index in [4.69, 9.17) is 9.47 Å². The molecule has 1 atom stereocenters. The highest BCUT2D eigenvalue weighted by atomic mass is 16.5. The number of hydrogen-bond donors (Lipinski definition) is 1. The number of aliphatic hydroxyl groups excluding tert-OH is 1. The van der Waals surface area contributed by atoms with Gasteiger partial charge in [0.2, 0.25) is 0 Å². The van der Waals surface area contributed by atoms with Crippen LogP contribution in [0.15, 0.2) is 0 Å². The Bertz CT molecular complexity index is 715. The van der Waals surface area contributed by atoms with Crippen LogP contribution in [0.4, 0.5) is 0 Å². The number of nitrogens with zero attached hydrogens (tertiary/aromatic N) is 1. The molecule has 0 aliphatic carbocycles.